The summed E-state index contributed by atoms with van der Waals surface area (Å²) in [5.74, 6) is -0.272. The minimum absolute atomic E-state index is 0.113. The van der Waals surface area contributed by atoms with Crippen LogP contribution < -0.4 is 4.90 Å². The van der Waals surface area contributed by atoms with E-state index >= 15 is 0 Å². The molecule has 0 unspecified atom stereocenters. The van der Waals surface area contributed by atoms with Gasteiger partial charge in [0.05, 0.1) is 0 Å². The van der Waals surface area contributed by atoms with E-state index < -0.39 is 0 Å². The fraction of sp³-hybridized carbons (Fsp3) is 0.368. The van der Waals surface area contributed by atoms with Gasteiger partial charge in [-0.25, -0.2) is 4.39 Å². The monoisotopic (exact) mass is 327 g/mol. The molecule has 2 aromatic rings. The van der Waals surface area contributed by atoms with E-state index in [0.717, 1.165) is 23.5 Å². The molecule has 0 aliphatic carbocycles. The zero-order valence-corrected chi connectivity index (χ0v) is 14.3. The number of carbonyl (C=O) groups excluding carboxylic acids is 1. The molecule has 126 valence electrons. The van der Waals surface area contributed by atoms with E-state index in [0.29, 0.717) is 18.7 Å². The molecule has 1 aliphatic rings. The smallest absolute Gasteiger partial charge is 0.253 e. The van der Waals surface area contributed by atoms with Gasteiger partial charge in [0.2, 0.25) is 0 Å². The highest BCUT2D eigenvalue weighted by molar-refractivity contribution is 5.94. The van der Waals surface area contributed by atoms with Crippen LogP contribution in [0.15, 0.2) is 36.4 Å². The molecule has 4 nitrogen and oxygen atoms in total. The third kappa shape index (κ3) is 3.40. The van der Waals surface area contributed by atoms with Crippen molar-refractivity contribution < 1.29 is 9.18 Å². The Hall–Kier alpha value is -2.43. The SMILES string of the molecule is Cc1cc(N(C)C)cc([C@H]2CCN(C(=O)c3cccc(F)c3)C2)n1. The third-order valence-corrected chi connectivity index (χ3v) is 4.44. The van der Waals surface area contributed by atoms with Crippen molar-refractivity contribution in [3.63, 3.8) is 0 Å². The van der Waals surface area contributed by atoms with E-state index in [1.54, 1.807) is 17.0 Å². The van der Waals surface area contributed by atoms with Crippen LogP contribution in [0.25, 0.3) is 0 Å². The Balaban J connectivity index is 1.77. The van der Waals surface area contributed by atoms with Crippen molar-refractivity contribution in [3.8, 4) is 0 Å². The molecule has 0 bridgehead atoms. The molecule has 24 heavy (non-hydrogen) atoms. The fourth-order valence-corrected chi connectivity index (χ4v) is 3.13. The minimum atomic E-state index is -0.382. The van der Waals surface area contributed by atoms with E-state index in [1.807, 2.05) is 27.1 Å². The van der Waals surface area contributed by atoms with E-state index in [9.17, 15) is 9.18 Å². The molecule has 1 saturated heterocycles. The largest absolute Gasteiger partial charge is 0.378 e. The van der Waals surface area contributed by atoms with Crippen LogP contribution in [0.4, 0.5) is 10.1 Å². The van der Waals surface area contributed by atoms with Crippen molar-refractivity contribution in [3.05, 3.63) is 59.2 Å². The second-order valence-corrected chi connectivity index (χ2v) is 6.53. The number of rotatable bonds is 3. The Kier molecular flexibility index (Phi) is 4.51. The summed E-state index contributed by atoms with van der Waals surface area (Å²) in [5.41, 5.74) is 3.52. The quantitative estimate of drug-likeness (QED) is 0.868. The number of hydrogen-bond acceptors (Lipinski definition) is 3. The number of halogens is 1. The highest BCUT2D eigenvalue weighted by Gasteiger charge is 2.29. The number of aromatic nitrogens is 1. The van der Waals surface area contributed by atoms with Gasteiger partial charge in [0.1, 0.15) is 5.82 Å². The van der Waals surface area contributed by atoms with Gasteiger partial charge in [-0.3, -0.25) is 9.78 Å². The lowest BCUT2D eigenvalue weighted by Gasteiger charge is -2.18. The number of aryl methyl sites for hydroxylation is 1. The van der Waals surface area contributed by atoms with E-state index in [2.05, 4.69) is 16.0 Å². The normalized spacial score (nSPS) is 17.2. The predicted molar refractivity (Wildman–Crippen MR) is 93.0 cm³/mol. The van der Waals surface area contributed by atoms with Crippen molar-refractivity contribution in [2.24, 2.45) is 0 Å². The first-order valence-corrected chi connectivity index (χ1v) is 8.15. The summed E-state index contributed by atoms with van der Waals surface area (Å²) < 4.78 is 13.3. The molecule has 1 fully saturated rings. The van der Waals surface area contributed by atoms with Crippen molar-refractivity contribution in [2.75, 3.05) is 32.1 Å². The molecule has 0 spiro atoms. The van der Waals surface area contributed by atoms with Gasteiger partial charge in [0, 0.05) is 55.7 Å². The second-order valence-electron chi connectivity index (χ2n) is 6.53. The Morgan fingerprint density at radius 1 is 1.29 bits per heavy atom. The molecule has 0 saturated carbocycles. The van der Waals surface area contributed by atoms with Gasteiger partial charge in [-0.1, -0.05) is 6.07 Å². The van der Waals surface area contributed by atoms with E-state index in [1.165, 1.54) is 12.1 Å². The number of benzene rings is 1. The van der Waals surface area contributed by atoms with Crippen LogP contribution >= 0.6 is 0 Å². The summed E-state index contributed by atoms with van der Waals surface area (Å²) in [6, 6.07) is 10.0. The second kappa shape index (κ2) is 6.59. The molecule has 0 N–H and O–H groups in total. The topological polar surface area (TPSA) is 36.4 Å². The van der Waals surface area contributed by atoms with Crippen LogP contribution in [0.5, 0.6) is 0 Å². The predicted octanol–water partition coefficient (Wildman–Crippen LogP) is 3.22. The van der Waals surface area contributed by atoms with Crippen molar-refractivity contribution in [1.82, 2.24) is 9.88 Å². The van der Waals surface area contributed by atoms with Gasteiger partial charge in [-0.15, -0.1) is 0 Å². The summed E-state index contributed by atoms with van der Waals surface area (Å²) in [6.07, 6.45) is 0.879. The zero-order valence-electron chi connectivity index (χ0n) is 14.3. The number of amides is 1. The number of anilines is 1. The Morgan fingerprint density at radius 3 is 2.79 bits per heavy atom. The van der Waals surface area contributed by atoms with Crippen molar-refractivity contribution in [2.45, 2.75) is 19.3 Å². The number of pyridine rings is 1. The molecule has 1 atom stereocenters. The fourth-order valence-electron chi connectivity index (χ4n) is 3.13. The van der Waals surface area contributed by atoms with Crippen molar-refractivity contribution in [1.29, 1.82) is 0 Å². The molecule has 2 heterocycles. The van der Waals surface area contributed by atoms with Gasteiger partial charge >= 0.3 is 0 Å². The number of carbonyl (C=O) groups is 1. The molecule has 1 aromatic heterocycles. The summed E-state index contributed by atoms with van der Waals surface area (Å²) in [7, 11) is 4.01. The summed E-state index contributed by atoms with van der Waals surface area (Å²) in [6.45, 7) is 3.28. The zero-order chi connectivity index (χ0) is 17.3. The van der Waals surface area contributed by atoms with Gasteiger partial charge in [0.15, 0.2) is 0 Å². The average Bonchev–Trinajstić information content (AvgIpc) is 3.03. The molecule has 1 amide bonds. The Labute approximate surface area is 141 Å². The molecule has 3 rings (SSSR count). The lowest BCUT2D eigenvalue weighted by Crippen LogP contribution is -2.28. The first kappa shape index (κ1) is 16.4. The maximum Gasteiger partial charge on any atom is 0.253 e. The maximum atomic E-state index is 13.3. The first-order valence-electron chi connectivity index (χ1n) is 8.15. The van der Waals surface area contributed by atoms with Crippen LogP contribution in [-0.2, 0) is 0 Å². The number of nitrogens with zero attached hydrogens (tertiary/aromatic N) is 3. The first-order chi connectivity index (χ1) is 11.4. The molecular formula is C19H22FN3O. The summed E-state index contributed by atoms with van der Waals surface area (Å²) >= 11 is 0. The standard InChI is InChI=1S/C19H22FN3O/c1-13-9-17(22(2)3)11-18(21-13)15-7-8-23(12-15)19(24)14-5-4-6-16(20)10-14/h4-6,9-11,15H,7-8,12H2,1-3H3/t15-/m0/s1. The molecule has 5 heteroatoms. The Morgan fingerprint density at radius 2 is 2.08 bits per heavy atom. The summed E-state index contributed by atoms with van der Waals surface area (Å²) in [4.78, 5) is 21.1. The lowest BCUT2D eigenvalue weighted by molar-refractivity contribution is 0.0790. The highest BCUT2D eigenvalue weighted by Crippen LogP contribution is 2.29. The van der Waals surface area contributed by atoms with Crippen LogP contribution in [0.2, 0.25) is 0 Å². The molecule has 1 aromatic carbocycles. The van der Waals surface area contributed by atoms with E-state index in [4.69, 9.17) is 0 Å². The maximum absolute atomic E-state index is 13.3. The summed E-state index contributed by atoms with van der Waals surface area (Å²) in [5, 5.41) is 0. The molecule has 0 radical (unpaired) electrons. The van der Waals surface area contributed by atoms with Crippen LogP contribution in [0, 0.1) is 12.7 Å². The van der Waals surface area contributed by atoms with Crippen LogP contribution in [0.3, 0.4) is 0 Å². The van der Waals surface area contributed by atoms with Crippen LogP contribution in [-0.4, -0.2) is 43.0 Å². The highest BCUT2D eigenvalue weighted by atomic mass is 19.1. The van der Waals surface area contributed by atoms with Gasteiger partial charge in [-0.05, 0) is 43.7 Å². The number of hydrogen-bond donors (Lipinski definition) is 0. The van der Waals surface area contributed by atoms with Gasteiger partial charge in [0.25, 0.3) is 5.91 Å². The lowest BCUT2D eigenvalue weighted by atomic mass is 10.0. The Bertz CT molecular complexity index is 760. The average molecular weight is 327 g/mol. The van der Waals surface area contributed by atoms with Gasteiger partial charge < -0.3 is 9.80 Å². The number of likely N-dealkylation sites (tertiary alicyclic amines) is 1. The minimum Gasteiger partial charge on any atom is -0.378 e. The molecular weight excluding hydrogens is 305 g/mol. The van der Waals surface area contributed by atoms with E-state index in [-0.39, 0.29) is 17.6 Å². The molecule has 1 aliphatic heterocycles. The van der Waals surface area contributed by atoms with Crippen molar-refractivity contribution >= 4 is 11.6 Å². The van der Waals surface area contributed by atoms with Gasteiger partial charge in [-0.2, -0.15) is 0 Å². The van der Waals surface area contributed by atoms with Crippen LogP contribution in [0.1, 0.15) is 34.1 Å². The third-order valence-electron chi connectivity index (χ3n) is 4.44.